The Balaban J connectivity index is 1.77. The van der Waals surface area contributed by atoms with Gasteiger partial charge in [-0.1, -0.05) is 29.8 Å². The lowest BCUT2D eigenvalue weighted by Gasteiger charge is -2.11. The second kappa shape index (κ2) is 8.13. The lowest BCUT2D eigenvalue weighted by molar-refractivity contribution is -0.119. The zero-order chi connectivity index (χ0) is 18.4. The van der Waals surface area contributed by atoms with Crippen LogP contribution in [0.5, 0.6) is 0 Å². The van der Waals surface area contributed by atoms with E-state index >= 15 is 0 Å². The smallest absolute Gasteiger partial charge is 0.239 e. The predicted molar refractivity (Wildman–Crippen MR) is 98.9 cm³/mol. The Bertz CT molecular complexity index is 846. The molecule has 0 bridgehead atoms. The average Bonchev–Trinajstić information content (AvgIpc) is 2.53. The highest BCUT2D eigenvalue weighted by atomic mass is 32.2. The fourth-order valence-corrected chi connectivity index (χ4v) is 2.96. The Labute approximate surface area is 148 Å². The van der Waals surface area contributed by atoms with Gasteiger partial charge in [-0.15, -0.1) is 0 Å². The first-order valence-corrected chi connectivity index (χ1v) is 9.50. The Kier molecular flexibility index (Phi) is 6.17. The van der Waals surface area contributed by atoms with Crippen LogP contribution in [0, 0.1) is 13.8 Å². The van der Waals surface area contributed by atoms with Crippen molar-refractivity contribution < 1.29 is 13.2 Å². The second-order valence-electron chi connectivity index (χ2n) is 5.96. The van der Waals surface area contributed by atoms with Gasteiger partial charge in [0.1, 0.15) is 0 Å². The van der Waals surface area contributed by atoms with Crippen LogP contribution in [0.2, 0.25) is 0 Å². The third-order valence-electron chi connectivity index (χ3n) is 3.81. The normalized spacial score (nSPS) is 11.2. The highest BCUT2D eigenvalue weighted by molar-refractivity contribution is 7.89. The van der Waals surface area contributed by atoms with E-state index in [0.717, 1.165) is 16.8 Å². The van der Waals surface area contributed by atoms with Gasteiger partial charge in [0.15, 0.2) is 0 Å². The monoisotopic (exact) mass is 361 g/mol. The third-order valence-corrected chi connectivity index (χ3v) is 4.74. The molecule has 7 heteroatoms. The van der Waals surface area contributed by atoms with Crippen LogP contribution >= 0.6 is 0 Å². The molecule has 0 heterocycles. The number of benzene rings is 2. The SMILES string of the molecule is Cc1ccc(NCC(=O)NCCc2ccc(S(N)(=O)=O)cc2)c(C)c1. The van der Waals surface area contributed by atoms with Crippen LogP contribution in [0.4, 0.5) is 5.69 Å². The minimum atomic E-state index is -3.67. The molecular weight excluding hydrogens is 338 g/mol. The van der Waals surface area contributed by atoms with Crippen molar-refractivity contribution in [1.29, 1.82) is 0 Å². The maximum Gasteiger partial charge on any atom is 0.239 e. The van der Waals surface area contributed by atoms with Gasteiger partial charge in [-0.2, -0.15) is 0 Å². The lowest BCUT2D eigenvalue weighted by Crippen LogP contribution is -2.31. The molecule has 0 aliphatic rings. The number of aryl methyl sites for hydroxylation is 2. The summed E-state index contributed by atoms with van der Waals surface area (Å²) in [6.45, 7) is 4.70. The van der Waals surface area contributed by atoms with Gasteiger partial charge in [-0.3, -0.25) is 4.79 Å². The number of carbonyl (C=O) groups excluding carboxylic acids is 1. The van der Waals surface area contributed by atoms with E-state index in [1.807, 2.05) is 26.0 Å². The summed E-state index contributed by atoms with van der Waals surface area (Å²) in [4.78, 5) is 12.0. The fourth-order valence-electron chi connectivity index (χ4n) is 2.44. The van der Waals surface area contributed by atoms with Crippen molar-refractivity contribution in [2.45, 2.75) is 25.2 Å². The molecule has 0 unspecified atom stereocenters. The van der Waals surface area contributed by atoms with Crippen molar-refractivity contribution >= 4 is 21.6 Å². The highest BCUT2D eigenvalue weighted by Gasteiger charge is 2.07. The molecule has 1 amide bonds. The van der Waals surface area contributed by atoms with E-state index in [0.29, 0.717) is 13.0 Å². The molecule has 0 saturated heterocycles. The number of nitrogens with one attached hydrogen (secondary N) is 2. The van der Waals surface area contributed by atoms with Gasteiger partial charge < -0.3 is 10.6 Å². The van der Waals surface area contributed by atoms with Gasteiger partial charge in [0.25, 0.3) is 0 Å². The number of rotatable bonds is 7. The molecule has 0 saturated carbocycles. The second-order valence-corrected chi connectivity index (χ2v) is 7.52. The predicted octanol–water partition coefficient (Wildman–Crippen LogP) is 1.72. The van der Waals surface area contributed by atoms with Gasteiger partial charge in [0, 0.05) is 12.2 Å². The van der Waals surface area contributed by atoms with E-state index in [9.17, 15) is 13.2 Å². The van der Waals surface area contributed by atoms with Crippen molar-refractivity contribution in [2.75, 3.05) is 18.4 Å². The number of sulfonamides is 1. The standard InChI is InChI=1S/C18H23N3O3S/c1-13-3-8-17(14(2)11-13)21-12-18(22)20-10-9-15-4-6-16(7-5-15)25(19,23)24/h3-8,11,21H,9-10,12H2,1-2H3,(H,20,22)(H2,19,23,24). The summed E-state index contributed by atoms with van der Waals surface area (Å²) in [6, 6.07) is 12.3. The zero-order valence-corrected chi connectivity index (χ0v) is 15.2. The molecule has 0 fully saturated rings. The van der Waals surface area contributed by atoms with Crippen molar-refractivity contribution in [2.24, 2.45) is 5.14 Å². The third kappa shape index (κ3) is 5.88. The molecule has 0 atom stereocenters. The number of hydrogen-bond acceptors (Lipinski definition) is 4. The minimum absolute atomic E-state index is 0.0814. The molecule has 25 heavy (non-hydrogen) atoms. The Morgan fingerprint density at radius 1 is 1.08 bits per heavy atom. The molecule has 6 nitrogen and oxygen atoms in total. The van der Waals surface area contributed by atoms with Crippen molar-refractivity contribution in [1.82, 2.24) is 5.32 Å². The van der Waals surface area contributed by atoms with Crippen molar-refractivity contribution in [3.05, 3.63) is 59.2 Å². The molecule has 0 aliphatic heterocycles. The summed E-state index contributed by atoms with van der Waals surface area (Å²) in [5.74, 6) is -0.0962. The maximum atomic E-state index is 11.9. The minimum Gasteiger partial charge on any atom is -0.376 e. The van der Waals surface area contributed by atoms with Crippen LogP contribution < -0.4 is 15.8 Å². The Morgan fingerprint density at radius 2 is 1.76 bits per heavy atom. The quantitative estimate of drug-likeness (QED) is 0.699. The van der Waals surface area contributed by atoms with Crippen molar-refractivity contribution in [3.8, 4) is 0 Å². The first-order valence-electron chi connectivity index (χ1n) is 7.95. The summed E-state index contributed by atoms with van der Waals surface area (Å²) in [5.41, 5.74) is 4.15. The number of amides is 1. The number of nitrogens with two attached hydrogens (primary N) is 1. The number of anilines is 1. The summed E-state index contributed by atoms with van der Waals surface area (Å²) in [6.07, 6.45) is 0.611. The van der Waals surface area contributed by atoms with Gasteiger partial charge in [-0.25, -0.2) is 13.6 Å². The van der Waals surface area contributed by atoms with E-state index in [1.165, 1.54) is 17.7 Å². The van der Waals surface area contributed by atoms with Crippen LogP contribution in [-0.4, -0.2) is 27.4 Å². The number of carbonyl (C=O) groups is 1. The Hall–Kier alpha value is -2.38. The summed E-state index contributed by atoms with van der Waals surface area (Å²) >= 11 is 0. The van der Waals surface area contributed by atoms with Crippen LogP contribution in [0.1, 0.15) is 16.7 Å². The molecule has 4 N–H and O–H groups in total. The van der Waals surface area contributed by atoms with Crippen LogP contribution in [0.3, 0.4) is 0 Å². The first-order chi connectivity index (χ1) is 11.8. The zero-order valence-electron chi connectivity index (χ0n) is 14.4. The average molecular weight is 361 g/mol. The molecule has 0 radical (unpaired) electrons. The highest BCUT2D eigenvalue weighted by Crippen LogP contribution is 2.15. The molecule has 0 spiro atoms. The molecule has 134 valence electrons. The van der Waals surface area contributed by atoms with E-state index in [-0.39, 0.29) is 17.3 Å². The topological polar surface area (TPSA) is 101 Å². The van der Waals surface area contributed by atoms with E-state index in [4.69, 9.17) is 5.14 Å². The maximum absolute atomic E-state index is 11.9. The van der Waals surface area contributed by atoms with Crippen LogP contribution in [0.15, 0.2) is 47.4 Å². The largest absolute Gasteiger partial charge is 0.376 e. The van der Waals surface area contributed by atoms with E-state index in [1.54, 1.807) is 12.1 Å². The Morgan fingerprint density at radius 3 is 2.36 bits per heavy atom. The first kappa shape index (κ1) is 19.0. The van der Waals surface area contributed by atoms with Gasteiger partial charge in [0.05, 0.1) is 11.4 Å². The molecule has 0 aromatic heterocycles. The lowest BCUT2D eigenvalue weighted by atomic mass is 10.1. The van der Waals surface area contributed by atoms with Gasteiger partial charge in [-0.05, 0) is 49.6 Å². The van der Waals surface area contributed by atoms with Gasteiger partial charge in [0.2, 0.25) is 15.9 Å². The summed E-state index contributed by atoms with van der Waals surface area (Å²) in [7, 11) is -3.67. The van der Waals surface area contributed by atoms with E-state index in [2.05, 4.69) is 16.7 Å². The fraction of sp³-hybridized carbons (Fsp3) is 0.278. The van der Waals surface area contributed by atoms with E-state index < -0.39 is 10.0 Å². The summed E-state index contributed by atoms with van der Waals surface area (Å²) in [5, 5.41) is 11.0. The molecule has 0 aliphatic carbocycles. The van der Waals surface area contributed by atoms with Crippen LogP contribution in [-0.2, 0) is 21.2 Å². The molecule has 2 aromatic rings. The molecule has 2 aromatic carbocycles. The van der Waals surface area contributed by atoms with Crippen LogP contribution in [0.25, 0.3) is 0 Å². The molecular formula is C18H23N3O3S. The van der Waals surface area contributed by atoms with Gasteiger partial charge >= 0.3 is 0 Å². The number of hydrogen-bond donors (Lipinski definition) is 3. The molecule has 2 rings (SSSR count). The van der Waals surface area contributed by atoms with Crippen molar-refractivity contribution in [3.63, 3.8) is 0 Å². The summed E-state index contributed by atoms with van der Waals surface area (Å²) < 4.78 is 22.4. The number of primary sulfonamides is 1.